The van der Waals surface area contributed by atoms with Gasteiger partial charge in [0.05, 0.1) is 10.2 Å². The number of hydrogen-bond acceptors (Lipinski definition) is 5. The molecule has 1 aromatic carbocycles. The summed E-state index contributed by atoms with van der Waals surface area (Å²) in [6.07, 6.45) is 1.88. The number of nitrogens with zero attached hydrogens (tertiary/aromatic N) is 2. The van der Waals surface area contributed by atoms with E-state index in [0.29, 0.717) is 11.7 Å². The molecule has 136 valence electrons. The fraction of sp³-hybridized carbons (Fsp3) is 0.263. The molecule has 0 aliphatic heterocycles. The fourth-order valence-electron chi connectivity index (χ4n) is 2.62. The smallest absolute Gasteiger partial charge is 0.328 e. The van der Waals surface area contributed by atoms with Gasteiger partial charge in [-0.25, -0.2) is 4.68 Å². The van der Waals surface area contributed by atoms with Crippen LogP contribution in [-0.2, 0) is 16.1 Å². The first kappa shape index (κ1) is 18.8. The van der Waals surface area contributed by atoms with E-state index in [1.807, 2.05) is 50.4 Å². The van der Waals surface area contributed by atoms with E-state index >= 15 is 0 Å². The number of thioether (sulfide) groups is 1. The highest BCUT2D eigenvalue weighted by atomic mass is 79.9. The molecule has 3 aromatic rings. The predicted molar refractivity (Wildman–Crippen MR) is 107 cm³/mol. The third kappa shape index (κ3) is 4.04. The molecular formula is C19H19BrN2O3S. The molecule has 2 aromatic heterocycles. The topological polar surface area (TPSA) is 57.3 Å². The summed E-state index contributed by atoms with van der Waals surface area (Å²) in [7, 11) is 0. The van der Waals surface area contributed by atoms with E-state index < -0.39 is 0 Å². The Hall–Kier alpha value is -1.99. The Morgan fingerprint density at radius 3 is 2.77 bits per heavy atom. The average molecular weight is 435 g/mol. The number of halogens is 1. The fourth-order valence-corrected chi connectivity index (χ4v) is 3.35. The molecule has 2 heterocycles. The van der Waals surface area contributed by atoms with E-state index in [4.69, 9.17) is 9.15 Å². The molecule has 5 nitrogen and oxygen atoms in total. The van der Waals surface area contributed by atoms with Crippen molar-refractivity contribution < 1.29 is 13.9 Å². The summed E-state index contributed by atoms with van der Waals surface area (Å²) in [6.45, 7) is 3.95. The van der Waals surface area contributed by atoms with Gasteiger partial charge in [0.15, 0.2) is 5.76 Å². The van der Waals surface area contributed by atoms with Gasteiger partial charge in [0.25, 0.3) is 0 Å². The number of rotatable bonds is 6. The van der Waals surface area contributed by atoms with Crippen molar-refractivity contribution in [3.05, 3.63) is 52.1 Å². The lowest BCUT2D eigenvalue weighted by molar-refractivity contribution is -0.142. The molecule has 3 rings (SSSR count). The zero-order valence-electron chi connectivity index (χ0n) is 14.8. The molecule has 0 spiro atoms. The number of aromatic nitrogens is 2. The van der Waals surface area contributed by atoms with Gasteiger partial charge >= 0.3 is 5.97 Å². The van der Waals surface area contributed by atoms with Crippen LogP contribution in [0.1, 0.15) is 11.3 Å². The highest BCUT2D eigenvalue weighted by molar-refractivity contribution is 9.10. The highest BCUT2D eigenvalue weighted by Crippen LogP contribution is 2.34. The maximum atomic E-state index is 12.0. The molecule has 26 heavy (non-hydrogen) atoms. The number of hydrogen-bond donors (Lipinski definition) is 0. The van der Waals surface area contributed by atoms with Crippen molar-refractivity contribution in [3.8, 4) is 22.8 Å². The molecule has 0 amide bonds. The summed E-state index contributed by atoms with van der Waals surface area (Å²) in [5, 5.41) is 4.43. The summed E-state index contributed by atoms with van der Waals surface area (Å²) in [5.41, 5.74) is 3.68. The minimum Gasteiger partial charge on any atom is -0.454 e. The molecule has 0 aliphatic carbocycles. The van der Waals surface area contributed by atoms with Crippen molar-refractivity contribution in [1.82, 2.24) is 9.78 Å². The third-order valence-corrected chi connectivity index (χ3v) is 5.12. The van der Waals surface area contributed by atoms with Crippen molar-refractivity contribution in [1.29, 1.82) is 0 Å². The first-order valence-corrected chi connectivity index (χ1v) is 10.2. The molecule has 0 saturated carbocycles. The van der Waals surface area contributed by atoms with Crippen LogP contribution in [0.4, 0.5) is 0 Å². The van der Waals surface area contributed by atoms with Gasteiger partial charge < -0.3 is 9.15 Å². The summed E-state index contributed by atoms with van der Waals surface area (Å²) < 4.78 is 13.6. The number of aryl methyl sites for hydroxylation is 2. The lowest BCUT2D eigenvalue weighted by atomic mass is 10.1. The van der Waals surface area contributed by atoms with Crippen molar-refractivity contribution >= 4 is 33.7 Å². The second kappa shape index (κ2) is 8.14. The van der Waals surface area contributed by atoms with Gasteiger partial charge in [-0.05, 0) is 54.2 Å². The van der Waals surface area contributed by atoms with E-state index in [2.05, 4.69) is 27.1 Å². The van der Waals surface area contributed by atoms with Gasteiger partial charge in [-0.3, -0.25) is 4.79 Å². The second-order valence-electron chi connectivity index (χ2n) is 5.86. The van der Waals surface area contributed by atoms with E-state index in [-0.39, 0.29) is 12.5 Å². The van der Waals surface area contributed by atoms with E-state index in [9.17, 15) is 4.79 Å². The molecule has 0 fully saturated rings. The Bertz CT molecular complexity index is 933. The van der Waals surface area contributed by atoms with Crippen LogP contribution in [-0.4, -0.2) is 27.9 Å². The highest BCUT2D eigenvalue weighted by Gasteiger charge is 2.20. The van der Waals surface area contributed by atoms with Crippen LogP contribution in [0.5, 0.6) is 0 Å². The molecule has 0 radical (unpaired) electrons. The van der Waals surface area contributed by atoms with Crippen molar-refractivity contribution in [2.24, 2.45) is 0 Å². The minimum absolute atomic E-state index is 0.0306. The predicted octanol–water partition coefficient (Wildman–Crippen LogP) is 5.05. The molecule has 7 heteroatoms. The molecule has 0 saturated heterocycles. The van der Waals surface area contributed by atoms with Crippen LogP contribution in [0.25, 0.3) is 22.8 Å². The largest absolute Gasteiger partial charge is 0.454 e. The Labute approximate surface area is 164 Å². The Morgan fingerprint density at radius 1 is 1.27 bits per heavy atom. The maximum Gasteiger partial charge on any atom is 0.328 e. The average Bonchev–Trinajstić information content (AvgIpc) is 3.18. The Morgan fingerprint density at radius 2 is 2.04 bits per heavy atom. The van der Waals surface area contributed by atoms with Gasteiger partial charge in [-0.2, -0.15) is 5.10 Å². The molecule has 0 N–H and O–H groups in total. The van der Waals surface area contributed by atoms with Gasteiger partial charge in [0.2, 0.25) is 0 Å². The van der Waals surface area contributed by atoms with Crippen LogP contribution >= 0.6 is 27.7 Å². The maximum absolute atomic E-state index is 12.0. The summed E-state index contributed by atoms with van der Waals surface area (Å²) in [5.74, 6) is 1.41. The number of benzene rings is 1. The SMILES string of the molecule is CSCOC(=O)Cn1nc(C)c(Br)c1-c1ccc(-c2cccc(C)c2)o1. The first-order chi connectivity index (χ1) is 12.5. The van der Waals surface area contributed by atoms with Crippen molar-refractivity contribution in [3.63, 3.8) is 0 Å². The number of carbonyl (C=O) groups excluding carboxylic acids is 1. The van der Waals surface area contributed by atoms with E-state index in [0.717, 1.165) is 27.2 Å². The van der Waals surface area contributed by atoms with Gasteiger partial charge in [0, 0.05) is 5.56 Å². The molecule has 0 aliphatic rings. The summed E-state index contributed by atoms with van der Waals surface area (Å²) >= 11 is 5.01. The lowest BCUT2D eigenvalue weighted by Gasteiger charge is -2.06. The van der Waals surface area contributed by atoms with Crippen LogP contribution in [0.3, 0.4) is 0 Å². The quantitative estimate of drug-likeness (QED) is 0.401. The third-order valence-electron chi connectivity index (χ3n) is 3.81. The number of carbonyl (C=O) groups is 1. The minimum atomic E-state index is -0.332. The van der Waals surface area contributed by atoms with Crippen LogP contribution in [0, 0.1) is 13.8 Å². The van der Waals surface area contributed by atoms with Gasteiger partial charge in [-0.1, -0.05) is 23.8 Å². The van der Waals surface area contributed by atoms with Crippen molar-refractivity contribution in [2.45, 2.75) is 20.4 Å². The Kier molecular flexibility index (Phi) is 5.88. The number of esters is 1. The lowest BCUT2D eigenvalue weighted by Crippen LogP contribution is -2.15. The van der Waals surface area contributed by atoms with Crippen LogP contribution in [0.15, 0.2) is 45.3 Å². The molecule has 0 unspecified atom stereocenters. The van der Waals surface area contributed by atoms with E-state index in [1.54, 1.807) is 4.68 Å². The molecular weight excluding hydrogens is 416 g/mol. The summed E-state index contributed by atoms with van der Waals surface area (Å²) in [6, 6.07) is 11.9. The van der Waals surface area contributed by atoms with Gasteiger partial charge in [-0.15, -0.1) is 11.8 Å². The number of furan rings is 1. The molecule has 0 atom stereocenters. The van der Waals surface area contributed by atoms with Crippen molar-refractivity contribution in [2.75, 3.05) is 12.2 Å². The van der Waals surface area contributed by atoms with E-state index in [1.165, 1.54) is 17.3 Å². The molecule has 0 bridgehead atoms. The van der Waals surface area contributed by atoms with Crippen LogP contribution < -0.4 is 0 Å². The monoisotopic (exact) mass is 434 g/mol. The second-order valence-corrected chi connectivity index (χ2v) is 7.47. The normalized spacial score (nSPS) is 10.9. The summed E-state index contributed by atoms with van der Waals surface area (Å²) in [4.78, 5) is 12.0. The Balaban J connectivity index is 1.93. The zero-order valence-corrected chi connectivity index (χ0v) is 17.2. The first-order valence-electron chi connectivity index (χ1n) is 8.04. The number of ether oxygens (including phenoxy) is 1. The van der Waals surface area contributed by atoms with Gasteiger partial charge in [0.1, 0.15) is 23.9 Å². The van der Waals surface area contributed by atoms with Crippen LogP contribution in [0.2, 0.25) is 0 Å². The standard InChI is InChI=1S/C19H19BrN2O3S/c1-12-5-4-6-14(9-12)15-7-8-16(25-15)19-18(20)13(2)21-22(19)10-17(23)24-11-26-3/h4-9H,10-11H2,1-3H3. The zero-order chi connectivity index (χ0) is 18.7.